The van der Waals surface area contributed by atoms with E-state index >= 15 is 0 Å². The van der Waals surface area contributed by atoms with E-state index in [0.717, 1.165) is 22.4 Å². The predicted molar refractivity (Wildman–Crippen MR) is 75.1 cm³/mol. The van der Waals surface area contributed by atoms with Gasteiger partial charge in [-0.25, -0.2) is 4.98 Å². The highest BCUT2D eigenvalue weighted by Crippen LogP contribution is 2.42. The molecule has 19 heavy (non-hydrogen) atoms. The fourth-order valence-electron chi connectivity index (χ4n) is 2.60. The molecule has 1 aliphatic carbocycles. The lowest BCUT2D eigenvalue weighted by molar-refractivity contribution is 0.476. The molecule has 3 heteroatoms. The zero-order valence-corrected chi connectivity index (χ0v) is 10.5. The van der Waals surface area contributed by atoms with Gasteiger partial charge in [-0.05, 0) is 37.1 Å². The highest BCUT2D eigenvalue weighted by Gasteiger charge is 2.29. The second kappa shape index (κ2) is 3.85. The molecule has 0 amide bonds. The number of phenols is 1. The maximum absolute atomic E-state index is 10.1. The van der Waals surface area contributed by atoms with Crippen LogP contribution in [0.5, 0.6) is 5.75 Å². The van der Waals surface area contributed by atoms with Crippen LogP contribution in [0.3, 0.4) is 0 Å². The summed E-state index contributed by atoms with van der Waals surface area (Å²) in [5.74, 6) is 1.17. The number of benzene rings is 2. The summed E-state index contributed by atoms with van der Waals surface area (Å²) >= 11 is 0. The smallest absolute Gasteiger partial charge is 0.145 e. The molecule has 0 aliphatic heterocycles. The van der Waals surface area contributed by atoms with Gasteiger partial charge in [-0.3, -0.25) is 0 Å². The fourth-order valence-corrected chi connectivity index (χ4v) is 2.60. The minimum absolute atomic E-state index is 0.291. The number of hydrogen-bond donors (Lipinski definition) is 1. The second-order valence-corrected chi connectivity index (χ2v) is 5.04. The number of nitrogens with zero attached hydrogens (tertiary/aromatic N) is 2. The van der Waals surface area contributed by atoms with Crippen LogP contribution < -0.4 is 0 Å². The Morgan fingerprint density at radius 3 is 2.53 bits per heavy atom. The molecule has 1 aromatic heterocycles. The fraction of sp³-hybridized carbons (Fsp3) is 0.188. The number of phenolic OH excluding ortho intramolecular Hbond substituents is 1. The zero-order valence-electron chi connectivity index (χ0n) is 10.5. The number of imidazole rings is 1. The standard InChI is InChI=1S/C16H14N2O/c19-15-8-4-1-5-12(15)16-17-13-6-2-3-7-14(13)18(16)11-9-10-11/h1-8,11,19H,9-10H2. The molecule has 3 nitrogen and oxygen atoms in total. The van der Waals surface area contributed by atoms with Gasteiger partial charge in [0.25, 0.3) is 0 Å². The lowest BCUT2D eigenvalue weighted by atomic mass is 10.2. The predicted octanol–water partition coefficient (Wildman–Crippen LogP) is 3.74. The summed E-state index contributed by atoms with van der Waals surface area (Å²) < 4.78 is 2.27. The van der Waals surface area contributed by atoms with Crippen molar-refractivity contribution in [3.05, 3.63) is 48.5 Å². The van der Waals surface area contributed by atoms with Crippen molar-refractivity contribution in [1.82, 2.24) is 9.55 Å². The Kier molecular flexibility index (Phi) is 2.15. The molecule has 0 radical (unpaired) electrons. The molecule has 2 aromatic carbocycles. The Morgan fingerprint density at radius 2 is 1.74 bits per heavy atom. The molecule has 0 atom stereocenters. The number of aromatic nitrogens is 2. The largest absolute Gasteiger partial charge is 0.507 e. The van der Waals surface area contributed by atoms with Gasteiger partial charge in [0.05, 0.1) is 16.6 Å². The second-order valence-electron chi connectivity index (χ2n) is 5.04. The van der Waals surface area contributed by atoms with Gasteiger partial charge in [-0.2, -0.15) is 0 Å². The number of hydrogen-bond acceptors (Lipinski definition) is 2. The van der Waals surface area contributed by atoms with Gasteiger partial charge in [0.15, 0.2) is 0 Å². The summed E-state index contributed by atoms with van der Waals surface area (Å²) in [7, 11) is 0. The topological polar surface area (TPSA) is 38.1 Å². The maximum atomic E-state index is 10.1. The number of fused-ring (bicyclic) bond motifs is 1. The average molecular weight is 250 g/mol. The van der Waals surface area contributed by atoms with Gasteiger partial charge in [0.2, 0.25) is 0 Å². The van der Waals surface area contributed by atoms with Crippen LogP contribution in [0.4, 0.5) is 0 Å². The summed E-state index contributed by atoms with van der Waals surface area (Å²) in [4.78, 5) is 4.71. The van der Waals surface area contributed by atoms with Crippen molar-refractivity contribution in [1.29, 1.82) is 0 Å². The minimum Gasteiger partial charge on any atom is -0.507 e. The van der Waals surface area contributed by atoms with Crippen LogP contribution in [0.1, 0.15) is 18.9 Å². The van der Waals surface area contributed by atoms with E-state index in [0.29, 0.717) is 11.8 Å². The van der Waals surface area contributed by atoms with Crippen molar-refractivity contribution < 1.29 is 5.11 Å². The molecule has 1 aliphatic rings. The molecule has 0 saturated heterocycles. The molecular formula is C16H14N2O. The van der Waals surface area contributed by atoms with E-state index in [-0.39, 0.29) is 0 Å². The minimum atomic E-state index is 0.291. The van der Waals surface area contributed by atoms with E-state index in [9.17, 15) is 5.11 Å². The van der Waals surface area contributed by atoms with Gasteiger partial charge < -0.3 is 9.67 Å². The van der Waals surface area contributed by atoms with Crippen molar-refractivity contribution in [2.75, 3.05) is 0 Å². The summed E-state index contributed by atoms with van der Waals surface area (Å²) in [5.41, 5.74) is 2.96. The lowest BCUT2D eigenvalue weighted by Gasteiger charge is -2.08. The molecule has 0 spiro atoms. The third-order valence-electron chi connectivity index (χ3n) is 3.65. The van der Waals surface area contributed by atoms with Crippen molar-refractivity contribution in [3.63, 3.8) is 0 Å². The molecule has 1 N–H and O–H groups in total. The SMILES string of the molecule is Oc1ccccc1-c1nc2ccccc2n1C1CC1. The van der Waals surface area contributed by atoms with Crippen LogP contribution in [-0.2, 0) is 0 Å². The third-order valence-corrected chi connectivity index (χ3v) is 3.65. The first kappa shape index (κ1) is 10.6. The monoisotopic (exact) mass is 250 g/mol. The van der Waals surface area contributed by atoms with Gasteiger partial charge in [0.1, 0.15) is 11.6 Å². The Labute approximate surface area is 111 Å². The van der Waals surface area contributed by atoms with Crippen molar-refractivity contribution in [2.45, 2.75) is 18.9 Å². The molecule has 4 rings (SSSR count). The van der Waals surface area contributed by atoms with E-state index in [2.05, 4.69) is 10.6 Å². The molecule has 1 fully saturated rings. The van der Waals surface area contributed by atoms with Crippen LogP contribution in [0.25, 0.3) is 22.4 Å². The van der Waals surface area contributed by atoms with E-state index in [1.807, 2.05) is 36.4 Å². The highest BCUT2D eigenvalue weighted by atomic mass is 16.3. The number of aromatic hydroxyl groups is 1. The van der Waals surface area contributed by atoms with E-state index < -0.39 is 0 Å². The first-order chi connectivity index (χ1) is 9.34. The quantitative estimate of drug-likeness (QED) is 0.752. The molecule has 0 unspecified atom stereocenters. The van der Waals surface area contributed by atoms with Gasteiger partial charge in [-0.15, -0.1) is 0 Å². The molecule has 1 heterocycles. The van der Waals surface area contributed by atoms with Gasteiger partial charge in [-0.1, -0.05) is 24.3 Å². The van der Waals surface area contributed by atoms with Crippen molar-refractivity contribution >= 4 is 11.0 Å². The first-order valence-corrected chi connectivity index (χ1v) is 6.60. The summed E-state index contributed by atoms with van der Waals surface area (Å²) in [5, 5.41) is 10.1. The molecule has 94 valence electrons. The number of rotatable bonds is 2. The summed E-state index contributed by atoms with van der Waals surface area (Å²) in [6, 6.07) is 16.1. The summed E-state index contributed by atoms with van der Waals surface area (Å²) in [6.45, 7) is 0. The van der Waals surface area contributed by atoms with Gasteiger partial charge in [0, 0.05) is 6.04 Å². The Balaban J connectivity index is 2.04. The number of para-hydroxylation sites is 3. The van der Waals surface area contributed by atoms with Crippen LogP contribution in [0, 0.1) is 0 Å². The van der Waals surface area contributed by atoms with Crippen LogP contribution in [-0.4, -0.2) is 14.7 Å². The zero-order chi connectivity index (χ0) is 12.8. The molecule has 3 aromatic rings. The Hall–Kier alpha value is -2.29. The Morgan fingerprint density at radius 1 is 1.00 bits per heavy atom. The molecule has 0 bridgehead atoms. The third kappa shape index (κ3) is 1.62. The first-order valence-electron chi connectivity index (χ1n) is 6.60. The van der Waals surface area contributed by atoms with Crippen LogP contribution >= 0.6 is 0 Å². The maximum Gasteiger partial charge on any atom is 0.145 e. The van der Waals surface area contributed by atoms with Crippen molar-refractivity contribution in [2.24, 2.45) is 0 Å². The van der Waals surface area contributed by atoms with Gasteiger partial charge >= 0.3 is 0 Å². The van der Waals surface area contributed by atoms with E-state index in [1.165, 1.54) is 12.8 Å². The van der Waals surface area contributed by atoms with Crippen LogP contribution in [0.15, 0.2) is 48.5 Å². The highest BCUT2D eigenvalue weighted by molar-refractivity contribution is 5.82. The lowest BCUT2D eigenvalue weighted by Crippen LogP contribution is -1.97. The molecular weight excluding hydrogens is 236 g/mol. The Bertz CT molecular complexity index is 756. The van der Waals surface area contributed by atoms with Crippen molar-refractivity contribution in [3.8, 4) is 17.1 Å². The van der Waals surface area contributed by atoms with E-state index in [1.54, 1.807) is 6.07 Å². The average Bonchev–Trinajstić information content (AvgIpc) is 3.19. The van der Waals surface area contributed by atoms with E-state index in [4.69, 9.17) is 4.98 Å². The molecule has 1 saturated carbocycles. The van der Waals surface area contributed by atoms with Crippen LogP contribution in [0.2, 0.25) is 0 Å². The normalized spacial score (nSPS) is 14.9. The summed E-state index contributed by atoms with van der Waals surface area (Å²) in [6.07, 6.45) is 2.39.